The van der Waals surface area contributed by atoms with Crippen LogP contribution in [0.15, 0.2) is 48.8 Å². The fourth-order valence-electron chi connectivity index (χ4n) is 3.21. The molecule has 0 radical (unpaired) electrons. The van der Waals surface area contributed by atoms with Crippen LogP contribution in [-0.2, 0) is 0 Å². The Morgan fingerprint density at radius 1 is 0.682 bits per heavy atom. The SMILES string of the molecule is Cc1cccc(C)c1N1C=CN(c2c(C)cccc2C)C1I. The molecule has 114 valence electrons. The predicted molar refractivity (Wildman–Crippen MR) is 104 cm³/mol. The van der Waals surface area contributed by atoms with Crippen molar-refractivity contribution in [2.24, 2.45) is 0 Å². The molecule has 0 unspecified atom stereocenters. The minimum Gasteiger partial charge on any atom is -0.316 e. The van der Waals surface area contributed by atoms with Crippen molar-refractivity contribution in [3.63, 3.8) is 0 Å². The Balaban J connectivity index is 2.00. The van der Waals surface area contributed by atoms with E-state index >= 15 is 0 Å². The van der Waals surface area contributed by atoms with E-state index in [1.807, 2.05) is 0 Å². The Kier molecular flexibility index (Phi) is 4.17. The van der Waals surface area contributed by atoms with E-state index in [0.29, 0.717) is 0 Å². The molecule has 22 heavy (non-hydrogen) atoms. The van der Waals surface area contributed by atoms with E-state index < -0.39 is 0 Å². The first-order valence-corrected chi connectivity index (χ1v) is 8.77. The molecule has 2 aromatic carbocycles. The smallest absolute Gasteiger partial charge is 0.163 e. The minimum absolute atomic E-state index is 0.247. The molecule has 0 aromatic heterocycles. The first kappa shape index (κ1) is 15.4. The third-order valence-corrected chi connectivity index (χ3v) is 5.44. The van der Waals surface area contributed by atoms with Crippen molar-refractivity contribution in [1.29, 1.82) is 0 Å². The minimum atomic E-state index is 0.247. The van der Waals surface area contributed by atoms with Crippen LogP contribution in [0.2, 0.25) is 0 Å². The van der Waals surface area contributed by atoms with Crippen molar-refractivity contribution in [1.82, 2.24) is 0 Å². The van der Waals surface area contributed by atoms with E-state index in [1.165, 1.54) is 33.6 Å². The first-order valence-electron chi connectivity index (χ1n) is 7.52. The summed E-state index contributed by atoms with van der Waals surface area (Å²) in [4.78, 5) is 4.72. The molecule has 0 spiro atoms. The molecule has 3 rings (SSSR count). The van der Waals surface area contributed by atoms with Crippen LogP contribution in [0.25, 0.3) is 0 Å². The van der Waals surface area contributed by atoms with Gasteiger partial charge in [0.25, 0.3) is 0 Å². The highest BCUT2D eigenvalue weighted by atomic mass is 127. The molecule has 0 fully saturated rings. The zero-order valence-electron chi connectivity index (χ0n) is 13.5. The van der Waals surface area contributed by atoms with Gasteiger partial charge in [0.1, 0.15) is 0 Å². The van der Waals surface area contributed by atoms with E-state index in [1.54, 1.807) is 0 Å². The molecular formula is C19H21IN2. The Morgan fingerprint density at radius 3 is 1.32 bits per heavy atom. The van der Waals surface area contributed by atoms with Gasteiger partial charge in [-0.05, 0) is 72.5 Å². The maximum absolute atomic E-state index is 2.52. The number of rotatable bonds is 2. The van der Waals surface area contributed by atoms with Gasteiger partial charge in [-0.2, -0.15) is 0 Å². The first-order chi connectivity index (χ1) is 10.5. The number of para-hydroxylation sites is 2. The average molecular weight is 404 g/mol. The standard InChI is InChI=1S/C19H21IN2/c1-13-7-5-8-14(2)17(13)21-11-12-22(19(21)20)18-15(3)9-6-10-16(18)4/h5-12,19H,1-4H3. The molecule has 0 saturated heterocycles. The average Bonchev–Trinajstić information content (AvgIpc) is 2.81. The highest BCUT2D eigenvalue weighted by Gasteiger charge is 2.29. The number of hydrogen-bond donors (Lipinski definition) is 0. The number of nitrogens with zero attached hydrogens (tertiary/aromatic N) is 2. The molecule has 0 atom stereocenters. The maximum atomic E-state index is 2.52. The molecular weight excluding hydrogens is 383 g/mol. The van der Waals surface area contributed by atoms with Gasteiger partial charge >= 0.3 is 0 Å². The quantitative estimate of drug-likeness (QED) is 0.374. The number of hydrogen-bond acceptors (Lipinski definition) is 2. The second kappa shape index (κ2) is 5.95. The Bertz CT molecular complexity index is 634. The van der Waals surface area contributed by atoms with Gasteiger partial charge in [-0.3, -0.25) is 0 Å². The summed E-state index contributed by atoms with van der Waals surface area (Å²) in [6, 6.07) is 13.0. The largest absolute Gasteiger partial charge is 0.316 e. The lowest BCUT2D eigenvalue weighted by molar-refractivity contribution is 0.926. The highest BCUT2D eigenvalue weighted by Crippen LogP contribution is 2.38. The lowest BCUT2D eigenvalue weighted by atomic mass is 10.1. The van der Waals surface area contributed by atoms with E-state index in [0.717, 1.165) is 0 Å². The molecule has 2 aromatic rings. The van der Waals surface area contributed by atoms with Gasteiger partial charge in [-0.15, -0.1) is 0 Å². The summed E-state index contributed by atoms with van der Waals surface area (Å²) in [6.45, 7) is 8.73. The third kappa shape index (κ3) is 2.51. The second-order valence-corrected chi connectivity index (χ2v) is 7.02. The molecule has 1 aliphatic heterocycles. The summed E-state index contributed by atoms with van der Waals surface area (Å²) in [6.07, 6.45) is 4.39. The van der Waals surface area contributed by atoms with E-state index in [-0.39, 0.29) is 4.17 Å². The second-order valence-electron chi connectivity index (χ2n) is 5.90. The molecule has 0 bridgehead atoms. The van der Waals surface area contributed by atoms with Crippen LogP contribution < -0.4 is 9.80 Å². The molecule has 3 heteroatoms. The number of aryl methyl sites for hydroxylation is 4. The van der Waals surface area contributed by atoms with E-state index in [9.17, 15) is 0 Å². The lowest BCUT2D eigenvalue weighted by Gasteiger charge is -2.31. The Hall–Kier alpha value is -1.49. The predicted octanol–water partition coefficient (Wildman–Crippen LogP) is 5.44. The van der Waals surface area contributed by atoms with Crippen molar-refractivity contribution in [2.75, 3.05) is 9.80 Å². The van der Waals surface area contributed by atoms with Crippen LogP contribution in [0.4, 0.5) is 11.4 Å². The van der Waals surface area contributed by atoms with Crippen molar-refractivity contribution in [3.05, 3.63) is 71.1 Å². The number of benzene rings is 2. The van der Waals surface area contributed by atoms with Gasteiger partial charge in [0, 0.05) is 23.8 Å². The van der Waals surface area contributed by atoms with Crippen molar-refractivity contribution < 1.29 is 0 Å². The van der Waals surface area contributed by atoms with Gasteiger partial charge in [0.15, 0.2) is 4.17 Å². The number of alkyl halides is 1. The van der Waals surface area contributed by atoms with Crippen molar-refractivity contribution in [2.45, 2.75) is 31.9 Å². The fourth-order valence-corrected chi connectivity index (χ4v) is 4.14. The Morgan fingerprint density at radius 2 is 1.00 bits per heavy atom. The summed E-state index contributed by atoms with van der Waals surface area (Å²) in [5, 5.41) is 0. The van der Waals surface area contributed by atoms with Gasteiger partial charge in [-0.25, -0.2) is 0 Å². The van der Waals surface area contributed by atoms with Crippen LogP contribution in [0.3, 0.4) is 0 Å². The molecule has 0 amide bonds. The number of halogens is 1. The summed E-state index contributed by atoms with van der Waals surface area (Å²) in [7, 11) is 0. The lowest BCUT2D eigenvalue weighted by Crippen LogP contribution is -2.34. The van der Waals surface area contributed by atoms with Crippen LogP contribution in [0.1, 0.15) is 22.3 Å². The summed E-state index contributed by atoms with van der Waals surface area (Å²) in [5.41, 5.74) is 7.88. The zero-order chi connectivity index (χ0) is 15.9. The topological polar surface area (TPSA) is 6.48 Å². The van der Waals surface area contributed by atoms with Crippen molar-refractivity contribution >= 4 is 34.0 Å². The molecule has 2 nitrogen and oxygen atoms in total. The van der Waals surface area contributed by atoms with Crippen LogP contribution >= 0.6 is 22.6 Å². The fraction of sp³-hybridized carbons (Fsp3) is 0.263. The van der Waals surface area contributed by atoms with Crippen molar-refractivity contribution in [3.8, 4) is 0 Å². The van der Waals surface area contributed by atoms with E-state index in [4.69, 9.17) is 0 Å². The monoisotopic (exact) mass is 404 g/mol. The molecule has 0 aliphatic carbocycles. The van der Waals surface area contributed by atoms with Gasteiger partial charge in [0.05, 0.1) is 0 Å². The maximum Gasteiger partial charge on any atom is 0.163 e. The third-order valence-electron chi connectivity index (χ3n) is 4.24. The zero-order valence-corrected chi connectivity index (χ0v) is 15.6. The van der Waals surface area contributed by atoms with Gasteiger partial charge in [0.2, 0.25) is 0 Å². The van der Waals surface area contributed by atoms with E-state index in [2.05, 4.69) is 109 Å². The number of anilines is 2. The molecule has 0 N–H and O–H groups in total. The van der Waals surface area contributed by atoms with Crippen LogP contribution in [0, 0.1) is 27.7 Å². The van der Waals surface area contributed by atoms with Gasteiger partial charge < -0.3 is 9.80 Å². The summed E-state index contributed by atoms with van der Waals surface area (Å²) < 4.78 is 0.247. The van der Waals surface area contributed by atoms with Gasteiger partial charge in [-0.1, -0.05) is 36.4 Å². The highest BCUT2D eigenvalue weighted by molar-refractivity contribution is 14.1. The Labute approximate surface area is 146 Å². The molecule has 1 aliphatic rings. The molecule has 1 heterocycles. The normalized spacial score (nSPS) is 15.0. The summed E-state index contributed by atoms with van der Waals surface area (Å²) in [5.74, 6) is 0. The summed E-state index contributed by atoms with van der Waals surface area (Å²) >= 11 is 2.52. The van der Waals surface area contributed by atoms with Crippen LogP contribution in [-0.4, -0.2) is 4.17 Å². The molecule has 0 saturated carbocycles. The van der Waals surface area contributed by atoms with Crippen LogP contribution in [0.5, 0.6) is 0 Å².